The summed E-state index contributed by atoms with van der Waals surface area (Å²) in [6.45, 7) is 25.3. The van der Waals surface area contributed by atoms with Crippen molar-refractivity contribution in [3.63, 3.8) is 0 Å². The van der Waals surface area contributed by atoms with E-state index in [0.29, 0.717) is 28.8 Å². The van der Waals surface area contributed by atoms with Gasteiger partial charge in [-0.05, 0) is 141 Å². The van der Waals surface area contributed by atoms with E-state index in [9.17, 15) is 14.4 Å². The molecule has 64 heavy (non-hydrogen) atoms. The maximum atomic E-state index is 14.4. The minimum atomic E-state index is -1.19. The van der Waals surface area contributed by atoms with Crippen molar-refractivity contribution in [3.05, 3.63) is 128 Å². The van der Waals surface area contributed by atoms with E-state index in [1.807, 2.05) is 38.1 Å². The number of fused-ring (bicyclic) bond motifs is 8. The van der Waals surface area contributed by atoms with Crippen LogP contribution in [-0.2, 0) is 19.1 Å². The normalized spacial score (nSPS) is 19.3. The molecular formula is C55H68N4O5. The zero-order valence-corrected chi connectivity index (χ0v) is 40.0. The summed E-state index contributed by atoms with van der Waals surface area (Å²) in [4.78, 5) is 58.9. The van der Waals surface area contributed by atoms with Gasteiger partial charge in [0, 0.05) is 63.1 Å². The zero-order valence-electron chi connectivity index (χ0n) is 40.0. The average molecular weight is 865 g/mol. The van der Waals surface area contributed by atoms with E-state index in [2.05, 4.69) is 102 Å². The molecule has 6 rings (SSSR count). The highest BCUT2D eigenvalue weighted by atomic mass is 16.5. The third kappa shape index (κ3) is 10.2. The van der Waals surface area contributed by atoms with Crippen LogP contribution in [0.15, 0.2) is 77.5 Å². The maximum Gasteiger partial charge on any atom is 0.321 e. The van der Waals surface area contributed by atoms with Crippen LogP contribution in [0.5, 0.6) is 0 Å². The molecule has 2 N–H and O–H groups in total. The predicted octanol–water partition coefficient (Wildman–Crippen LogP) is 13.6. The summed E-state index contributed by atoms with van der Waals surface area (Å²) >= 11 is 0. The topological polar surface area (TPSA) is 127 Å². The number of nitrogens with one attached hydrogen (secondary N) is 2. The Morgan fingerprint density at radius 2 is 1.42 bits per heavy atom. The minimum absolute atomic E-state index is 0.0330. The van der Waals surface area contributed by atoms with E-state index in [4.69, 9.17) is 19.4 Å². The van der Waals surface area contributed by atoms with Crippen LogP contribution in [0.4, 0.5) is 0 Å². The second-order valence-electron chi connectivity index (χ2n) is 18.3. The maximum absolute atomic E-state index is 14.4. The van der Waals surface area contributed by atoms with Crippen LogP contribution in [0.2, 0.25) is 0 Å². The van der Waals surface area contributed by atoms with E-state index in [1.54, 1.807) is 0 Å². The molecule has 0 aromatic carbocycles. The Labute approximate surface area is 380 Å². The Balaban J connectivity index is 1.27. The van der Waals surface area contributed by atoms with Crippen LogP contribution in [0.1, 0.15) is 186 Å². The molecule has 0 saturated carbocycles. The van der Waals surface area contributed by atoms with Crippen LogP contribution in [0, 0.1) is 13.8 Å². The number of H-pyrrole nitrogens is 2. The van der Waals surface area contributed by atoms with Crippen LogP contribution in [0.25, 0.3) is 33.7 Å². The first-order chi connectivity index (χ1) is 30.6. The summed E-state index contributed by atoms with van der Waals surface area (Å²) in [6, 6.07) is 6.13. The van der Waals surface area contributed by atoms with Crippen LogP contribution < -0.4 is 0 Å². The Morgan fingerprint density at radius 3 is 2.05 bits per heavy atom. The molecule has 3 aromatic heterocycles. The Morgan fingerprint density at radius 1 is 0.797 bits per heavy atom. The molecule has 0 radical (unpaired) electrons. The summed E-state index contributed by atoms with van der Waals surface area (Å²) in [5.41, 5.74) is 16.3. The number of esters is 2. The van der Waals surface area contributed by atoms with Gasteiger partial charge in [0.05, 0.1) is 29.7 Å². The Hall–Kier alpha value is -5.83. The molecule has 9 nitrogen and oxygen atoms in total. The number of rotatable bonds is 16. The fourth-order valence-electron chi connectivity index (χ4n) is 9.45. The summed E-state index contributed by atoms with van der Waals surface area (Å²) < 4.78 is 11.0. The second-order valence-corrected chi connectivity index (χ2v) is 18.3. The lowest BCUT2D eigenvalue weighted by atomic mass is 9.84. The molecule has 5 heterocycles. The highest BCUT2D eigenvalue weighted by Gasteiger charge is 2.45. The van der Waals surface area contributed by atoms with Gasteiger partial charge in [-0.1, -0.05) is 73.1 Å². The van der Waals surface area contributed by atoms with Gasteiger partial charge in [0.15, 0.2) is 5.78 Å². The van der Waals surface area contributed by atoms with E-state index in [1.165, 1.54) is 29.4 Å². The quantitative estimate of drug-likeness (QED) is 0.0834. The van der Waals surface area contributed by atoms with Crippen LogP contribution in [0.3, 0.4) is 0 Å². The molecular weight excluding hydrogens is 797 g/mol. The van der Waals surface area contributed by atoms with Gasteiger partial charge in [-0.15, -0.1) is 0 Å². The predicted molar refractivity (Wildman–Crippen MR) is 261 cm³/mol. The number of carbonyl (C=O) groups excluding carboxylic acids is 3. The van der Waals surface area contributed by atoms with Gasteiger partial charge in [0.1, 0.15) is 12.5 Å². The number of nitrogens with zero attached hydrogens (tertiary/aromatic N) is 2. The molecule has 0 spiro atoms. The zero-order chi connectivity index (χ0) is 46.4. The third-order valence-corrected chi connectivity index (χ3v) is 13.4. The van der Waals surface area contributed by atoms with Gasteiger partial charge in [0.2, 0.25) is 0 Å². The van der Waals surface area contributed by atoms with Crippen molar-refractivity contribution in [1.29, 1.82) is 0 Å². The number of hydrogen-bond acceptors (Lipinski definition) is 7. The summed E-state index contributed by atoms with van der Waals surface area (Å²) in [6.07, 6.45) is 19.6. The molecule has 0 unspecified atom stereocenters. The SMILES string of the molecule is C=Cc1c(C)c2cc3nc(c4c5[nH]c(cc6nc(cc1[nH]2)[C@H](C)/C6=C\C)c(C)c5C(=O)[C@@H]4C(=O)OC)[C@@H](CCC(=O)OC/C=C(\C)CC/C=C(\C)CC/C=C(\C)CCC=C(C)C)[C@@H]3C. The van der Waals surface area contributed by atoms with E-state index < -0.39 is 11.9 Å². The van der Waals surface area contributed by atoms with Gasteiger partial charge < -0.3 is 19.4 Å². The van der Waals surface area contributed by atoms with Crippen molar-refractivity contribution in [2.75, 3.05) is 13.7 Å². The van der Waals surface area contributed by atoms with Gasteiger partial charge >= 0.3 is 11.9 Å². The van der Waals surface area contributed by atoms with Gasteiger partial charge in [-0.2, -0.15) is 0 Å². The van der Waals surface area contributed by atoms with E-state index in [0.717, 1.165) is 94.4 Å². The van der Waals surface area contributed by atoms with Crippen molar-refractivity contribution in [3.8, 4) is 0 Å². The van der Waals surface area contributed by atoms with Crippen molar-refractivity contribution in [2.45, 2.75) is 144 Å². The fourth-order valence-corrected chi connectivity index (χ4v) is 9.45. The number of hydrogen-bond donors (Lipinski definition) is 2. The largest absolute Gasteiger partial charge is 0.468 e. The van der Waals surface area contributed by atoms with Gasteiger partial charge in [-0.25, -0.2) is 0 Å². The lowest BCUT2D eigenvalue weighted by Crippen LogP contribution is -2.21. The average Bonchev–Trinajstić information content (AvgIpc) is 3.99. The molecule has 2 aliphatic heterocycles. The molecule has 8 bridgehead atoms. The number of aromatic amines is 2. The van der Waals surface area contributed by atoms with Gasteiger partial charge in [-0.3, -0.25) is 24.4 Å². The summed E-state index contributed by atoms with van der Waals surface area (Å²) in [7, 11) is 1.30. The molecule has 3 aromatic rings. The number of carbonyl (C=O) groups is 3. The number of aromatic nitrogens is 4. The number of allylic oxidation sites excluding steroid dienone is 9. The first kappa shape index (κ1) is 47.6. The summed E-state index contributed by atoms with van der Waals surface area (Å²) in [5.74, 6) is -2.90. The Bertz CT molecular complexity index is 2660. The summed E-state index contributed by atoms with van der Waals surface area (Å²) in [5, 5.41) is 0. The van der Waals surface area contributed by atoms with Crippen molar-refractivity contribution < 1.29 is 23.9 Å². The van der Waals surface area contributed by atoms with E-state index in [-0.39, 0.29) is 42.5 Å². The smallest absolute Gasteiger partial charge is 0.321 e. The first-order valence-corrected chi connectivity index (χ1v) is 23.0. The molecule has 0 fully saturated rings. The third-order valence-electron chi connectivity index (χ3n) is 13.4. The highest BCUT2D eigenvalue weighted by molar-refractivity contribution is 6.23. The second kappa shape index (κ2) is 20.8. The molecule has 9 heteroatoms. The van der Waals surface area contributed by atoms with Gasteiger partial charge in [0.25, 0.3) is 0 Å². The minimum Gasteiger partial charge on any atom is -0.468 e. The highest BCUT2D eigenvalue weighted by Crippen LogP contribution is 2.48. The molecule has 3 aliphatic rings. The lowest BCUT2D eigenvalue weighted by molar-refractivity contribution is -0.143. The molecule has 1 aliphatic carbocycles. The van der Waals surface area contributed by atoms with E-state index >= 15 is 0 Å². The molecule has 0 saturated heterocycles. The number of ether oxygens (including phenoxy) is 2. The monoisotopic (exact) mass is 865 g/mol. The molecule has 338 valence electrons. The van der Waals surface area contributed by atoms with Crippen molar-refractivity contribution in [2.24, 2.45) is 0 Å². The number of Topliss-reactive ketones (excluding diaryl/α,β-unsaturated/α-hetero) is 1. The molecule has 4 atom stereocenters. The molecule has 0 amide bonds. The lowest BCUT2D eigenvalue weighted by Gasteiger charge is -2.18. The number of methoxy groups -OCH3 is 1. The number of aryl methyl sites for hydroxylation is 2. The van der Waals surface area contributed by atoms with Crippen molar-refractivity contribution >= 4 is 51.4 Å². The standard InChI is InChI=1S/C55H68N4O5/c1-13-39-35(8)42-28-44-37(10)41(24-25-48(60)64-27-26-34(7)23-17-22-33(6)21-16-20-32(5)19-15-18-31(3)4)52(58-44)50-51(55(62)63-12)54(61)49-38(11)45(59-53(49)50)30-47-40(14-2)36(9)43(57-47)29-46(39)56-42/h13-14,18,20,22,26,28-30,36-37,41,51,56,59H,1,15-17,19,21,23-25,27H2,2-12H3/b32-20+,33-22+,34-26+,40-14+,42-28?,43-29?,44-28?,45-30?,46-29?,47-30?,52-50?/t36-,37+,41+,51-/m1/s1. The first-order valence-electron chi connectivity index (χ1n) is 23.0. The van der Waals surface area contributed by atoms with Crippen molar-refractivity contribution in [1.82, 2.24) is 19.9 Å². The van der Waals surface area contributed by atoms with Crippen LogP contribution >= 0.6 is 0 Å². The number of ketones is 1. The Kier molecular flexibility index (Phi) is 15.5. The fraction of sp³-hybridized carbons (Fsp3) is 0.436. The van der Waals surface area contributed by atoms with Crippen LogP contribution in [-0.4, -0.2) is 51.4 Å².